The van der Waals surface area contributed by atoms with Gasteiger partial charge >= 0.3 is 0 Å². The molecule has 9 heteroatoms. The zero-order valence-electron chi connectivity index (χ0n) is 24.9. The van der Waals surface area contributed by atoms with Crippen molar-refractivity contribution >= 4 is 35.2 Å². The van der Waals surface area contributed by atoms with E-state index < -0.39 is 28.7 Å². The van der Waals surface area contributed by atoms with Crippen molar-refractivity contribution in [2.24, 2.45) is 11.8 Å². The minimum Gasteiger partial charge on any atom is -0.497 e. The Morgan fingerprint density at radius 3 is 2.29 bits per heavy atom. The minimum atomic E-state index is -0.997. The molecule has 1 spiro atoms. The number of fused-ring (bicyclic) bond motifs is 2. The molecule has 7 rings (SSSR count). The lowest BCUT2D eigenvalue weighted by atomic mass is 9.78. The first kappa shape index (κ1) is 29.4. The number of carbonyl (C=O) groups excluding carboxylic acids is 3. The predicted molar refractivity (Wildman–Crippen MR) is 173 cm³/mol. The molecule has 230 valence electrons. The molecule has 4 aliphatic heterocycles. The van der Waals surface area contributed by atoms with Crippen LogP contribution in [-0.4, -0.2) is 75.5 Å². The fraction of sp³-hybridized carbons (Fsp3) is 0.306. The summed E-state index contributed by atoms with van der Waals surface area (Å²) in [6, 6.07) is 24.8. The summed E-state index contributed by atoms with van der Waals surface area (Å²) >= 11 is 1.54. The fourth-order valence-corrected chi connectivity index (χ4v) is 9.43. The van der Waals surface area contributed by atoms with Crippen LogP contribution in [0.2, 0.25) is 0 Å². The van der Waals surface area contributed by atoms with Crippen molar-refractivity contribution in [3.63, 3.8) is 0 Å². The van der Waals surface area contributed by atoms with Crippen LogP contribution < -0.4 is 9.64 Å². The molecule has 0 saturated carbocycles. The zero-order chi connectivity index (χ0) is 31.1. The Labute approximate surface area is 267 Å². The Morgan fingerprint density at radius 2 is 1.60 bits per heavy atom. The Kier molecular flexibility index (Phi) is 7.75. The molecule has 0 bridgehead atoms. The maximum absolute atomic E-state index is 14.9. The highest BCUT2D eigenvalue weighted by molar-refractivity contribution is 8.02. The van der Waals surface area contributed by atoms with Gasteiger partial charge in [0.05, 0.1) is 36.3 Å². The molecule has 8 nitrogen and oxygen atoms in total. The van der Waals surface area contributed by atoms with Crippen LogP contribution in [0, 0.1) is 11.8 Å². The highest BCUT2D eigenvalue weighted by Gasteiger charge is 2.72. The maximum Gasteiger partial charge on any atom is 0.251 e. The summed E-state index contributed by atoms with van der Waals surface area (Å²) in [4.78, 5) is 49.2. The molecule has 1 unspecified atom stereocenters. The van der Waals surface area contributed by atoms with Gasteiger partial charge in [0.2, 0.25) is 11.8 Å². The van der Waals surface area contributed by atoms with Gasteiger partial charge in [-0.25, -0.2) is 0 Å². The van der Waals surface area contributed by atoms with Crippen LogP contribution in [0.15, 0.2) is 109 Å². The summed E-state index contributed by atoms with van der Waals surface area (Å²) in [6.45, 7) is 0.836. The molecule has 0 aliphatic carbocycles. The first-order valence-electron chi connectivity index (χ1n) is 15.2. The Bertz CT molecular complexity index is 1650. The van der Waals surface area contributed by atoms with E-state index in [0.29, 0.717) is 31.1 Å². The molecule has 3 aromatic carbocycles. The van der Waals surface area contributed by atoms with E-state index in [4.69, 9.17) is 4.74 Å². The summed E-state index contributed by atoms with van der Waals surface area (Å²) in [5.74, 6) is -1.36. The number of thioether (sulfide) groups is 1. The third-order valence-corrected chi connectivity index (χ3v) is 11.2. The summed E-state index contributed by atoms with van der Waals surface area (Å²) in [6.07, 6.45) is 8.02. The van der Waals surface area contributed by atoms with E-state index in [1.54, 1.807) is 40.8 Å². The second-order valence-electron chi connectivity index (χ2n) is 11.9. The monoisotopic (exact) mass is 621 g/mol. The van der Waals surface area contributed by atoms with Gasteiger partial charge in [-0.15, -0.1) is 11.8 Å². The molecule has 2 saturated heterocycles. The number of nitrogens with zero attached hydrogens (tertiary/aromatic N) is 3. The number of amides is 3. The zero-order valence-corrected chi connectivity index (χ0v) is 25.8. The number of aliphatic hydroxyl groups excluding tert-OH is 1. The number of likely N-dealkylation sites (tertiary alicyclic amines) is 1. The quantitative estimate of drug-likeness (QED) is 0.398. The number of ether oxygens (including phenoxy) is 1. The van der Waals surface area contributed by atoms with Crippen LogP contribution in [0.5, 0.6) is 5.75 Å². The number of methoxy groups -OCH3 is 1. The van der Waals surface area contributed by atoms with E-state index in [0.717, 1.165) is 11.1 Å². The first-order valence-corrected chi connectivity index (χ1v) is 16.1. The molecule has 4 aliphatic rings. The van der Waals surface area contributed by atoms with Gasteiger partial charge in [-0.3, -0.25) is 14.4 Å². The largest absolute Gasteiger partial charge is 0.497 e. The lowest BCUT2D eigenvalue weighted by Gasteiger charge is -2.38. The number of rotatable bonds is 7. The SMILES string of the molecule is COc1ccc(N2CC=C[C@]34S[C@@H]5C=CCN(Cc6ccccc6)C(=O)[C@@H]5[C@H]3C(=O)N([C@H](CO)c3ccccc3)C4C2=O)cc1. The lowest BCUT2D eigenvalue weighted by molar-refractivity contribution is -0.145. The van der Waals surface area contributed by atoms with Gasteiger partial charge in [0.15, 0.2) is 0 Å². The molecule has 4 heterocycles. The van der Waals surface area contributed by atoms with E-state index in [2.05, 4.69) is 0 Å². The molecule has 6 atom stereocenters. The van der Waals surface area contributed by atoms with Crippen LogP contribution in [0.1, 0.15) is 17.2 Å². The van der Waals surface area contributed by atoms with E-state index in [1.807, 2.05) is 102 Å². The van der Waals surface area contributed by atoms with Crippen molar-refractivity contribution in [3.8, 4) is 5.75 Å². The van der Waals surface area contributed by atoms with Gasteiger partial charge in [0.1, 0.15) is 11.8 Å². The molecular formula is C36H35N3O5S. The third kappa shape index (κ3) is 4.85. The summed E-state index contributed by atoms with van der Waals surface area (Å²) < 4.78 is 4.34. The van der Waals surface area contributed by atoms with Crippen LogP contribution in [0.3, 0.4) is 0 Å². The van der Waals surface area contributed by atoms with E-state index in [1.165, 1.54) is 0 Å². The maximum atomic E-state index is 14.9. The number of hydrogen-bond donors (Lipinski definition) is 1. The highest BCUT2D eigenvalue weighted by atomic mass is 32.2. The molecule has 1 N–H and O–H groups in total. The van der Waals surface area contributed by atoms with Crippen molar-refractivity contribution in [2.45, 2.75) is 28.6 Å². The summed E-state index contributed by atoms with van der Waals surface area (Å²) in [5, 5.41) is 10.5. The van der Waals surface area contributed by atoms with Crippen LogP contribution >= 0.6 is 11.8 Å². The van der Waals surface area contributed by atoms with Crippen LogP contribution in [0.4, 0.5) is 5.69 Å². The summed E-state index contributed by atoms with van der Waals surface area (Å²) in [5.41, 5.74) is 2.43. The van der Waals surface area contributed by atoms with Crippen molar-refractivity contribution < 1.29 is 24.2 Å². The van der Waals surface area contributed by atoms with Crippen molar-refractivity contribution in [3.05, 3.63) is 120 Å². The molecule has 3 amide bonds. The number of anilines is 1. The average molecular weight is 622 g/mol. The van der Waals surface area contributed by atoms with Gasteiger partial charge in [-0.1, -0.05) is 85.0 Å². The first-order chi connectivity index (χ1) is 22.0. The van der Waals surface area contributed by atoms with Crippen LogP contribution in [-0.2, 0) is 20.9 Å². The molecular weight excluding hydrogens is 586 g/mol. The number of aliphatic hydroxyl groups is 1. The lowest BCUT2D eigenvalue weighted by Crippen LogP contribution is -2.54. The van der Waals surface area contributed by atoms with Crippen molar-refractivity contribution in [1.82, 2.24) is 9.80 Å². The average Bonchev–Trinajstić information content (AvgIpc) is 3.39. The molecule has 2 fully saturated rings. The van der Waals surface area contributed by atoms with Gasteiger partial charge in [-0.2, -0.15) is 0 Å². The van der Waals surface area contributed by atoms with Crippen molar-refractivity contribution in [1.29, 1.82) is 0 Å². The van der Waals surface area contributed by atoms with E-state index >= 15 is 0 Å². The normalized spacial score (nSPS) is 28.0. The Balaban J connectivity index is 1.33. The second kappa shape index (κ2) is 11.9. The molecule has 3 aromatic rings. The smallest absolute Gasteiger partial charge is 0.251 e. The number of benzene rings is 3. The minimum absolute atomic E-state index is 0.0884. The highest BCUT2D eigenvalue weighted by Crippen LogP contribution is 2.62. The van der Waals surface area contributed by atoms with Crippen LogP contribution in [0.25, 0.3) is 0 Å². The fourth-order valence-electron chi connectivity index (χ4n) is 7.43. The Hall–Kier alpha value is -4.34. The number of carbonyl (C=O) groups is 3. The molecule has 0 aromatic heterocycles. The molecule has 45 heavy (non-hydrogen) atoms. The standard InChI is InChI=1S/C36H35N3O5S/c1-44-27-17-15-26(16-18-27)38-21-9-19-36-31(34(42)39(32(36)35(38)43)28(23-40)25-12-6-3-7-13-25)30-29(45-36)14-8-20-37(33(30)41)22-24-10-4-2-5-11-24/h2-19,28-32,40H,20-23H2,1H3/t28-,29-,30+,31+,32?,36+/m1/s1. The van der Waals surface area contributed by atoms with E-state index in [9.17, 15) is 19.5 Å². The van der Waals surface area contributed by atoms with Gasteiger partial charge in [0.25, 0.3) is 5.91 Å². The third-order valence-electron chi connectivity index (χ3n) is 9.47. The molecule has 0 radical (unpaired) electrons. The Morgan fingerprint density at radius 1 is 0.889 bits per heavy atom. The van der Waals surface area contributed by atoms with Gasteiger partial charge in [-0.05, 0) is 35.4 Å². The van der Waals surface area contributed by atoms with Crippen molar-refractivity contribution in [2.75, 3.05) is 31.7 Å². The van der Waals surface area contributed by atoms with Gasteiger partial charge in [0, 0.05) is 30.6 Å². The number of hydrogen-bond acceptors (Lipinski definition) is 6. The topological polar surface area (TPSA) is 90.4 Å². The van der Waals surface area contributed by atoms with Gasteiger partial charge < -0.3 is 24.5 Å². The predicted octanol–water partition coefficient (Wildman–Crippen LogP) is 4.23. The second-order valence-corrected chi connectivity index (χ2v) is 13.4. The van der Waals surface area contributed by atoms with E-state index in [-0.39, 0.29) is 29.6 Å². The summed E-state index contributed by atoms with van der Waals surface area (Å²) in [7, 11) is 1.59.